The molecule has 18 heavy (non-hydrogen) atoms. The minimum absolute atomic E-state index is 0.00950. The van der Waals surface area contributed by atoms with Crippen molar-refractivity contribution in [2.75, 3.05) is 0 Å². The van der Waals surface area contributed by atoms with E-state index in [1.165, 1.54) is 6.20 Å². The summed E-state index contributed by atoms with van der Waals surface area (Å²) in [6, 6.07) is 10.3. The molecule has 0 bridgehead atoms. The summed E-state index contributed by atoms with van der Waals surface area (Å²) in [5.41, 5.74) is 1.78. The molecule has 0 atom stereocenters. The number of pyridine rings is 1. The van der Waals surface area contributed by atoms with E-state index in [1.807, 2.05) is 19.1 Å². The van der Waals surface area contributed by atoms with Crippen LogP contribution in [0, 0.1) is 6.92 Å². The Kier molecular flexibility index (Phi) is 3.53. The third-order valence-electron chi connectivity index (χ3n) is 2.55. The maximum absolute atomic E-state index is 12.2. The molecule has 0 unspecified atom stereocenters. The number of nitrogens with zero attached hydrogens (tertiary/aromatic N) is 1. The van der Waals surface area contributed by atoms with Gasteiger partial charge in [0.05, 0.1) is 5.56 Å². The first-order valence-electron chi connectivity index (χ1n) is 5.36. The van der Waals surface area contributed by atoms with Crippen LogP contribution in [0.15, 0.2) is 42.6 Å². The summed E-state index contributed by atoms with van der Waals surface area (Å²) in [4.78, 5) is 27.3. The Labute approximate surface area is 109 Å². The van der Waals surface area contributed by atoms with E-state index in [9.17, 15) is 9.59 Å². The topological polar surface area (TPSA) is 47.0 Å². The van der Waals surface area contributed by atoms with E-state index < -0.39 is 5.24 Å². The van der Waals surface area contributed by atoms with E-state index >= 15 is 0 Å². The van der Waals surface area contributed by atoms with Crippen LogP contribution in [-0.4, -0.2) is 16.0 Å². The first kappa shape index (κ1) is 12.5. The van der Waals surface area contributed by atoms with Crippen molar-refractivity contribution in [2.24, 2.45) is 0 Å². The standard InChI is InChI=1S/C14H10ClNO2/c1-9-4-6-10(7-5-9)13(17)11-3-2-8-16-12(11)14(15)18/h2-8H,1H3. The fourth-order valence-corrected chi connectivity index (χ4v) is 1.76. The zero-order valence-corrected chi connectivity index (χ0v) is 10.4. The molecule has 0 aliphatic heterocycles. The molecule has 0 fully saturated rings. The van der Waals surface area contributed by atoms with Crippen LogP contribution in [0.3, 0.4) is 0 Å². The Morgan fingerprint density at radius 3 is 2.39 bits per heavy atom. The van der Waals surface area contributed by atoms with Crippen LogP contribution >= 0.6 is 11.6 Å². The van der Waals surface area contributed by atoms with E-state index in [2.05, 4.69) is 4.98 Å². The van der Waals surface area contributed by atoms with Crippen molar-refractivity contribution in [3.05, 3.63) is 65.0 Å². The molecule has 0 spiro atoms. The van der Waals surface area contributed by atoms with Gasteiger partial charge >= 0.3 is 0 Å². The average molecular weight is 260 g/mol. The number of aromatic nitrogens is 1. The molecule has 1 aromatic heterocycles. The summed E-state index contributed by atoms with van der Waals surface area (Å²) in [5.74, 6) is -0.257. The molecule has 4 heteroatoms. The maximum atomic E-state index is 12.2. The van der Waals surface area contributed by atoms with Crippen LogP contribution in [-0.2, 0) is 0 Å². The molecule has 0 amide bonds. The zero-order chi connectivity index (χ0) is 13.1. The van der Waals surface area contributed by atoms with Gasteiger partial charge in [-0.3, -0.25) is 14.6 Å². The van der Waals surface area contributed by atoms with E-state index in [4.69, 9.17) is 11.6 Å². The number of rotatable bonds is 3. The Morgan fingerprint density at radius 1 is 1.11 bits per heavy atom. The van der Waals surface area contributed by atoms with Crippen molar-refractivity contribution >= 4 is 22.6 Å². The van der Waals surface area contributed by atoms with Gasteiger partial charge in [-0.15, -0.1) is 0 Å². The molecule has 0 N–H and O–H groups in total. The highest BCUT2D eigenvalue weighted by molar-refractivity contribution is 6.68. The number of carbonyl (C=O) groups excluding carboxylic acids is 2. The van der Waals surface area contributed by atoms with Crippen LogP contribution in [0.1, 0.15) is 32.0 Å². The number of benzene rings is 1. The number of hydrogen-bond acceptors (Lipinski definition) is 3. The monoisotopic (exact) mass is 259 g/mol. The van der Waals surface area contributed by atoms with Crippen molar-refractivity contribution in [3.8, 4) is 0 Å². The van der Waals surface area contributed by atoms with Gasteiger partial charge in [-0.05, 0) is 30.7 Å². The largest absolute Gasteiger partial charge is 0.289 e. The smallest absolute Gasteiger partial charge is 0.271 e. The molecule has 0 aliphatic carbocycles. The summed E-state index contributed by atoms with van der Waals surface area (Å²) >= 11 is 5.41. The van der Waals surface area contributed by atoms with Crippen molar-refractivity contribution in [1.29, 1.82) is 0 Å². The molecule has 0 aliphatic rings. The zero-order valence-electron chi connectivity index (χ0n) is 9.68. The molecule has 1 heterocycles. The Morgan fingerprint density at radius 2 is 1.78 bits per heavy atom. The van der Waals surface area contributed by atoms with E-state index in [0.717, 1.165) is 5.56 Å². The van der Waals surface area contributed by atoms with Crippen molar-refractivity contribution in [1.82, 2.24) is 4.98 Å². The summed E-state index contributed by atoms with van der Waals surface area (Å²) < 4.78 is 0. The highest BCUT2D eigenvalue weighted by atomic mass is 35.5. The van der Waals surface area contributed by atoms with Gasteiger partial charge in [0, 0.05) is 11.8 Å². The molecular formula is C14H10ClNO2. The van der Waals surface area contributed by atoms with Crippen LogP contribution < -0.4 is 0 Å². The fraction of sp³-hybridized carbons (Fsp3) is 0.0714. The minimum Gasteiger partial charge on any atom is -0.289 e. The summed E-state index contributed by atoms with van der Waals surface area (Å²) in [5, 5.41) is -0.730. The van der Waals surface area contributed by atoms with Crippen LogP contribution in [0.4, 0.5) is 0 Å². The molecule has 1 aromatic carbocycles. The van der Waals surface area contributed by atoms with Crippen LogP contribution in [0.2, 0.25) is 0 Å². The van der Waals surface area contributed by atoms with Gasteiger partial charge in [0.15, 0.2) is 5.78 Å². The van der Waals surface area contributed by atoms with Crippen molar-refractivity contribution < 1.29 is 9.59 Å². The van der Waals surface area contributed by atoms with Gasteiger partial charge in [-0.2, -0.15) is 0 Å². The lowest BCUT2D eigenvalue weighted by atomic mass is 10.0. The Balaban J connectivity index is 2.46. The SMILES string of the molecule is Cc1ccc(C(=O)c2cccnc2C(=O)Cl)cc1. The molecule has 2 rings (SSSR count). The number of carbonyl (C=O) groups is 2. The van der Waals surface area contributed by atoms with Gasteiger partial charge in [-0.1, -0.05) is 29.8 Å². The van der Waals surface area contributed by atoms with Crippen molar-refractivity contribution in [3.63, 3.8) is 0 Å². The summed E-state index contributed by atoms with van der Waals surface area (Å²) in [6.45, 7) is 1.94. The number of ketones is 1. The molecule has 0 saturated heterocycles. The van der Waals surface area contributed by atoms with E-state index in [0.29, 0.717) is 5.56 Å². The highest BCUT2D eigenvalue weighted by Crippen LogP contribution is 2.15. The Bertz CT molecular complexity index is 605. The molecule has 0 radical (unpaired) electrons. The van der Waals surface area contributed by atoms with Gasteiger partial charge in [0.1, 0.15) is 5.69 Å². The molecular weight excluding hydrogens is 250 g/mol. The minimum atomic E-state index is -0.730. The van der Waals surface area contributed by atoms with Gasteiger partial charge in [0.2, 0.25) is 0 Å². The number of hydrogen-bond donors (Lipinski definition) is 0. The second-order valence-electron chi connectivity index (χ2n) is 3.87. The third kappa shape index (κ3) is 2.46. The lowest BCUT2D eigenvalue weighted by molar-refractivity contribution is 0.102. The fourth-order valence-electron chi connectivity index (χ4n) is 1.61. The second-order valence-corrected chi connectivity index (χ2v) is 4.21. The van der Waals surface area contributed by atoms with E-state index in [1.54, 1.807) is 24.3 Å². The average Bonchev–Trinajstić information content (AvgIpc) is 2.39. The Hall–Kier alpha value is -2.00. The highest BCUT2D eigenvalue weighted by Gasteiger charge is 2.17. The first-order valence-corrected chi connectivity index (χ1v) is 5.73. The molecule has 0 saturated carbocycles. The first-order chi connectivity index (χ1) is 8.59. The van der Waals surface area contributed by atoms with Gasteiger partial charge < -0.3 is 0 Å². The molecule has 3 nitrogen and oxygen atoms in total. The van der Waals surface area contributed by atoms with Gasteiger partial charge in [-0.25, -0.2) is 0 Å². The quantitative estimate of drug-likeness (QED) is 0.629. The second kappa shape index (κ2) is 5.10. The normalized spacial score (nSPS) is 10.1. The number of aryl methyl sites for hydroxylation is 1. The van der Waals surface area contributed by atoms with Gasteiger partial charge in [0.25, 0.3) is 5.24 Å². The lowest BCUT2D eigenvalue weighted by Gasteiger charge is -2.04. The van der Waals surface area contributed by atoms with Crippen molar-refractivity contribution in [2.45, 2.75) is 6.92 Å². The summed E-state index contributed by atoms with van der Waals surface area (Å²) in [7, 11) is 0. The third-order valence-corrected chi connectivity index (χ3v) is 2.73. The predicted octanol–water partition coefficient (Wildman–Crippen LogP) is 3.00. The van der Waals surface area contributed by atoms with Crippen LogP contribution in [0.5, 0.6) is 0 Å². The lowest BCUT2D eigenvalue weighted by Crippen LogP contribution is -2.09. The predicted molar refractivity (Wildman–Crippen MR) is 69.0 cm³/mol. The number of halogens is 1. The molecule has 2 aromatic rings. The maximum Gasteiger partial charge on any atom is 0.271 e. The summed E-state index contributed by atoms with van der Waals surface area (Å²) in [6.07, 6.45) is 1.43. The van der Waals surface area contributed by atoms with Crippen LogP contribution in [0.25, 0.3) is 0 Å². The molecule has 90 valence electrons. The van der Waals surface area contributed by atoms with E-state index in [-0.39, 0.29) is 17.0 Å².